The van der Waals surface area contributed by atoms with Gasteiger partial charge in [-0.05, 0) is 37.6 Å². The number of aliphatic carboxylic acids is 1. The first-order valence-electron chi connectivity index (χ1n) is 5.39. The summed E-state index contributed by atoms with van der Waals surface area (Å²) in [6.45, 7) is 3.13. The van der Waals surface area contributed by atoms with Gasteiger partial charge in [-0.2, -0.15) is 0 Å². The second kappa shape index (κ2) is 5.39. The minimum Gasteiger partial charge on any atom is -0.496 e. The third-order valence-electron chi connectivity index (χ3n) is 2.69. The van der Waals surface area contributed by atoms with Crippen LogP contribution in [0, 0.1) is 6.92 Å². The first-order chi connectivity index (χ1) is 8.28. The fourth-order valence-electron chi connectivity index (χ4n) is 1.62. The molecule has 5 nitrogen and oxygen atoms in total. The van der Waals surface area contributed by atoms with Crippen LogP contribution in [0.5, 0.6) is 5.75 Å². The molecule has 0 radical (unpaired) electrons. The van der Waals surface area contributed by atoms with Gasteiger partial charge in [0, 0.05) is 0 Å². The van der Waals surface area contributed by atoms with Crippen molar-refractivity contribution < 1.29 is 23.1 Å². The van der Waals surface area contributed by atoms with Crippen molar-refractivity contribution in [3.63, 3.8) is 0 Å². The van der Waals surface area contributed by atoms with E-state index in [-0.39, 0.29) is 4.90 Å². The van der Waals surface area contributed by atoms with Crippen LogP contribution in [0.2, 0.25) is 0 Å². The molecule has 6 heteroatoms. The van der Waals surface area contributed by atoms with E-state index in [1.54, 1.807) is 13.0 Å². The highest BCUT2D eigenvalue weighted by Gasteiger charge is 2.25. The summed E-state index contributed by atoms with van der Waals surface area (Å²) >= 11 is 0. The maximum atomic E-state index is 12.1. The van der Waals surface area contributed by atoms with Crippen molar-refractivity contribution in [1.82, 2.24) is 0 Å². The van der Waals surface area contributed by atoms with Gasteiger partial charge < -0.3 is 9.84 Å². The quantitative estimate of drug-likeness (QED) is 0.881. The van der Waals surface area contributed by atoms with Crippen LogP contribution in [0.1, 0.15) is 18.9 Å². The second-order valence-electron chi connectivity index (χ2n) is 4.08. The van der Waals surface area contributed by atoms with Crippen LogP contribution in [-0.2, 0) is 14.6 Å². The van der Waals surface area contributed by atoms with Gasteiger partial charge in [0.25, 0.3) is 0 Å². The van der Waals surface area contributed by atoms with Crippen molar-refractivity contribution in [2.75, 3.05) is 7.11 Å². The minimum atomic E-state index is -3.62. The Kier molecular flexibility index (Phi) is 4.34. The molecule has 0 heterocycles. The zero-order valence-corrected chi connectivity index (χ0v) is 11.3. The maximum absolute atomic E-state index is 12.1. The Morgan fingerprint density at radius 3 is 2.50 bits per heavy atom. The number of benzene rings is 1. The lowest BCUT2D eigenvalue weighted by molar-refractivity contribution is -0.136. The Hall–Kier alpha value is -1.56. The first-order valence-corrected chi connectivity index (χ1v) is 6.94. The number of carboxylic acids is 1. The van der Waals surface area contributed by atoms with Crippen LogP contribution in [-0.4, -0.2) is 31.9 Å². The number of ether oxygens (including phenoxy) is 1. The first kappa shape index (κ1) is 14.5. The van der Waals surface area contributed by atoms with Gasteiger partial charge in [0.15, 0.2) is 9.84 Å². The summed E-state index contributed by atoms with van der Waals surface area (Å²) in [6.07, 6.45) is -0.409. The lowest BCUT2D eigenvalue weighted by atomic mass is 10.2. The molecule has 18 heavy (non-hydrogen) atoms. The fraction of sp³-hybridized carbons (Fsp3) is 0.417. The minimum absolute atomic E-state index is 0.120. The number of hydrogen-bond acceptors (Lipinski definition) is 4. The zero-order valence-electron chi connectivity index (χ0n) is 10.5. The molecule has 0 bridgehead atoms. The number of hydrogen-bond donors (Lipinski definition) is 1. The third kappa shape index (κ3) is 3.01. The molecular formula is C12H16O5S. The van der Waals surface area contributed by atoms with Crippen molar-refractivity contribution in [3.05, 3.63) is 23.8 Å². The molecule has 0 aliphatic heterocycles. The Balaban J connectivity index is 3.13. The normalized spacial score (nSPS) is 13.1. The summed E-state index contributed by atoms with van der Waals surface area (Å²) in [7, 11) is -2.11. The van der Waals surface area contributed by atoms with Crippen LogP contribution >= 0.6 is 0 Å². The molecule has 0 spiro atoms. The largest absolute Gasteiger partial charge is 0.496 e. The van der Waals surface area contributed by atoms with E-state index in [4.69, 9.17) is 9.84 Å². The molecule has 1 N–H and O–H groups in total. The van der Waals surface area contributed by atoms with E-state index in [0.29, 0.717) is 11.3 Å². The number of carbonyl (C=O) groups is 1. The topological polar surface area (TPSA) is 80.7 Å². The summed E-state index contributed by atoms with van der Waals surface area (Å²) in [5.74, 6) is -0.531. The Morgan fingerprint density at radius 2 is 2.06 bits per heavy atom. The molecule has 100 valence electrons. The van der Waals surface area contributed by atoms with E-state index in [0.717, 1.165) is 0 Å². The van der Waals surface area contributed by atoms with E-state index < -0.39 is 27.5 Å². The molecule has 0 aliphatic carbocycles. The average Bonchev–Trinajstić information content (AvgIpc) is 2.27. The molecule has 0 amide bonds. The van der Waals surface area contributed by atoms with Crippen LogP contribution in [0.4, 0.5) is 0 Å². The molecule has 0 fully saturated rings. The van der Waals surface area contributed by atoms with Crippen LogP contribution in [0.25, 0.3) is 0 Å². The van der Waals surface area contributed by atoms with Crippen molar-refractivity contribution in [2.24, 2.45) is 0 Å². The lowest BCUT2D eigenvalue weighted by Gasteiger charge is -2.12. The monoisotopic (exact) mass is 272 g/mol. The molecule has 1 aromatic rings. The lowest BCUT2D eigenvalue weighted by Crippen LogP contribution is -2.21. The number of methoxy groups -OCH3 is 1. The molecule has 1 aromatic carbocycles. The zero-order chi connectivity index (χ0) is 13.9. The highest BCUT2D eigenvalue weighted by atomic mass is 32.2. The van der Waals surface area contributed by atoms with Gasteiger partial charge in [0.05, 0.1) is 23.7 Å². The number of carboxylic acid groups (broad SMARTS) is 1. The molecule has 0 saturated carbocycles. The van der Waals surface area contributed by atoms with Gasteiger partial charge in [0.2, 0.25) is 0 Å². The van der Waals surface area contributed by atoms with Crippen molar-refractivity contribution in [2.45, 2.75) is 30.4 Å². The van der Waals surface area contributed by atoms with Crippen molar-refractivity contribution >= 4 is 15.8 Å². The van der Waals surface area contributed by atoms with Gasteiger partial charge in [-0.3, -0.25) is 4.79 Å². The predicted octanol–water partition coefficient (Wildman–Crippen LogP) is 1.64. The molecule has 0 saturated heterocycles. The van der Waals surface area contributed by atoms with Crippen LogP contribution < -0.4 is 4.74 Å². The molecule has 1 rings (SSSR count). The summed E-state index contributed by atoms with van der Waals surface area (Å²) < 4.78 is 29.3. The molecule has 0 aliphatic rings. The molecule has 1 unspecified atom stereocenters. The SMILES string of the molecule is COc1ccc(S(=O)(=O)C(C)CC(=O)O)cc1C. The van der Waals surface area contributed by atoms with Crippen LogP contribution in [0.3, 0.4) is 0 Å². The third-order valence-corrected chi connectivity index (χ3v) is 4.82. The average molecular weight is 272 g/mol. The van der Waals surface area contributed by atoms with Crippen LogP contribution in [0.15, 0.2) is 23.1 Å². The number of rotatable bonds is 5. The van der Waals surface area contributed by atoms with E-state index >= 15 is 0 Å². The standard InChI is InChI=1S/C12H16O5S/c1-8-6-10(4-5-11(8)17-3)18(15,16)9(2)7-12(13)14/h4-6,9H,7H2,1-3H3,(H,13,14). The van der Waals surface area contributed by atoms with Gasteiger partial charge in [-0.25, -0.2) is 8.42 Å². The van der Waals surface area contributed by atoms with E-state index in [1.165, 1.54) is 26.2 Å². The highest BCUT2D eigenvalue weighted by Crippen LogP contribution is 2.24. The van der Waals surface area contributed by atoms with Crippen molar-refractivity contribution in [3.8, 4) is 5.75 Å². The summed E-state index contributed by atoms with van der Waals surface area (Å²) in [5, 5.41) is 7.69. The molecule has 0 aromatic heterocycles. The van der Waals surface area contributed by atoms with E-state index in [1.807, 2.05) is 0 Å². The summed E-state index contributed by atoms with van der Waals surface area (Å²) in [5.41, 5.74) is 0.695. The predicted molar refractivity (Wildman–Crippen MR) is 66.6 cm³/mol. The van der Waals surface area contributed by atoms with Gasteiger partial charge in [-0.15, -0.1) is 0 Å². The number of aryl methyl sites for hydroxylation is 1. The summed E-state index contributed by atoms with van der Waals surface area (Å²) in [4.78, 5) is 10.7. The Bertz CT molecular complexity index is 548. The second-order valence-corrected chi connectivity index (χ2v) is 6.45. The summed E-state index contributed by atoms with van der Waals surface area (Å²) in [6, 6.07) is 4.49. The van der Waals surface area contributed by atoms with E-state index in [2.05, 4.69) is 0 Å². The molecule has 1 atom stereocenters. The smallest absolute Gasteiger partial charge is 0.304 e. The Labute approximate surface area is 106 Å². The molecular weight excluding hydrogens is 256 g/mol. The van der Waals surface area contributed by atoms with Gasteiger partial charge in [0.1, 0.15) is 5.75 Å². The van der Waals surface area contributed by atoms with Gasteiger partial charge in [-0.1, -0.05) is 0 Å². The van der Waals surface area contributed by atoms with Gasteiger partial charge >= 0.3 is 5.97 Å². The number of sulfone groups is 1. The Morgan fingerprint density at radius 1 is 1.44 bits per heavy atom. The maximum Gasteiger partial charge on any atom is 0.304 e. The van der Waals surface area contributed by atoms with E-state index in [9.17, 15) is 13.2 Å². The van der Waals surface area contributed by atoms with Crippen molar-refractivity contribution in [1.29, 1.82) is 0 Å². The highest BCUT2D eigenvalue weighted by molar-refractivity contribution is 7.92. The fourth-order valence-corrected chi connectivity index (χ4v) is 3.04.